The number of hydrogen-bond donors (Lipinski definition) is 2. The van der Waals surface area contributed by atoms with Crippen LogP contribution in [-0.4, -0.2) is 16.7 Å². The second kappa shape index (κ2) is 5.16. The van der Waals surface area contributed by atoms with Crippen molar-refractivity contribution in [2.24, 2.45) is 5.92 Å². The Labute approximate surface area is 116 Å². The van der Waals surface area contributed by atoms with Gasteiger partial charge in [-0.05, 0) is 50.7 Å². The van der Waals surface area contributed by atoms with E-state index in [1.165, 1.54) is 37.7 Å². The van der Waals surface area contributed by atoms with E-state index in [0.29, 0.717) is 5.92 Å². The molecular formula is C17H25NO. The van der Waals surface area contributed by atoms with E-state index in [9.17, 15) is 5.11 Å². The van der Waals surface area contributed by atoms with Crippen LogP contribution in [0.5, 0.6) is 0 Å². The summed E-state index contributed by atoms with van der Waals surface area (Å²) in [6.45, 7) is 2.11. The van der Waals surface area contributed by atoms with Gasteiger partial charge in [-0.3, -0.25) is 0 Å². The molecule has 3 atom stereocenters. The fourth-order valence-corrected chi connectivity index (χ4v) is 3.97. The fourth-order valence-electron chi connectivity index (χ4n) is 3.97. The number of rotatable bonds is 2. The molecule has 2 nitrogen and oxygen atoms in total. The maximum atomic E-state index is 11.1. The van der Waals surface area contributed by atoms with Gasteiger partial charge in [0, 0.05) is 5.69 Å². The van der Waals surface area contributed by atoms with Gasteiger partial charge in [-0.15, -0.1) is 0 Å². The van der Waals surface area contributed by atoms with Gasteiger partial charge < -0.3 is 10.4 Å². The number of nitrogens with one attached hydrogen (secondary N) is 1. The summed E-state index contributed by atoms with van der Waals surface area (Å²) in [4.78, 5) is 0. The summed E-state index contributed by atoms with van der Waals surface area (Å²) in [6.07, 6.45) is 8.22. The summed E-state index contributed by atoms with van der Waals surface area (Å²) in [5.74, 6) is 0.512. The SMILES string of the molecule is Cc1ccc(N[C@H]2CCC[C@H]3CCCC[C@@]32O)cc1. The van der Waals surface area contributed by atoms with Gasteiger partial charge in [-0.1, -0.05) is 37.0 Å². The average Bonchev–Trinajstić information content (AvgIpc) is 2.42. The zero-order chi connectivity index (χ0) is 13.3. The highest BCUT2D eigenvalue weighted by Crippen LogP contribution is 2.44. The predicted octanol–water partition coefficient (Wildman–Crippen LogP) is 3.88. The van der Waals surface area contributed by atoms with Gasteiger partial charge in [0.15, 0.2) is 0 Å². The van der Waals surface area contributed by atoms with Gasteiger partial charge in [0.2, 0.25) is 0 Å². The van der Waals surface area contributed by atoms with E-state index in [1.807, 2.05) is 0 Å². The topological polar surface area (TPSA) is 32.3 Å². The molecule has 2 aliphatic rings. The van der Waals surface area contributed by atoms with E-state index in [4.69, 9.17) is 0 Å². The Balaban J connectivity index is 1.77. The number of benzene rings is 1. The Morgan fingerprint density at radius 2 is 1.79 bits per heavy atom. The summed E-state index contributed by atoms with van der Waals surface area (Å²) in [5.41, 5.74) is 1.96. The first-order valence-corrected chi connectivity index (χ1v) is 7.74. The summed E-state index contributed by atoms with van der Waals surface area (Å²) < 4.78 is 0. The Morgan fingerprint density at radius 1 is 1.05 bits per heavy atom. The summed E-state index contributed by atoms with van der Waals surface area (Å²) in [6, 6.07) is 8.76. The molecular weight excluding hydrogens is 234 g/mol. The molecule has 0 radical (unpaired) electrons. The Hall–Kier alpha value is -1.02. The molecule has 2 heteroatoms. The van der Waals surface area contributed by atoms with Crippen LogP contribution >= 0.6 is 0 Å². The number of fused-ring (bicyclic) bond motifs is 1. The van der Waals surface area contributed by atoms with Crippen molar-refractivity contribution in [2.75, 3.05) is 5.32 Å². The lowest BCUT2D eigenvalue weighted by molar-refractivity contribution is -0.0835. The van der Waals surface area contributed by atoms with Crippen LogP contribution in [0.4, 0.5) is 5.69 Å². The summed E-state index contributed by atoms with van der Waals surface area (Å²) in [7, 11) is 0. The van der Waals surface area contributed by atoms with Crippen LogP contribution in [0.25, 0.3) is 0 Å². The van der Waals surface area contributed by atoms with Gasteiger partial charge in [-0.2, -0.15) is 0 Å². The van der Waals surface area contributed by atoms with Crippen LogP contribution in [0.15, 0.2) is 24.3 Å². The Bertz CT molecular complexity index is 425. The molecule has 2 saturated carbocycles. The Kier molecular flexibility index (Phi) is 3.53. The molecule has 0 aliphatic heterocycles. The largest absolute Gasteiger partial charge is 0.387 e. The zero-order valence-electron chi connectivity index (χ0n) is 11.9. The third-order valence-corrected chi connectivity index (χ3v) is 5.13. The predicted molar refractivity (Wildman–Crippen MR) is 79.3 cm³/mol. The van der Waals surface area contributed by atoms with Crippen LogP contribution in [-0.2, 0) is 0 Å². The van der Waals surface area contributed by atoms with E-state index in [0.717, 1.165) is 18.5 Å². The van der Waals surface area contributed by atoms with Gasteiger partial charge in [0.05, 0.1) is 11.6 Å². The Morgan fingerprint density at radius 3 is 2.58 bits per heavy atom. The first kappa shape index (κ1) is 13.0. The van der Waals surface area contributed by atoms with Crippen LogP contribution in [0.2, 0.25) is 0 Å². The van der Waals surface area contributed by atoms with Gasteiger partial charge in [-0.25, -0.2) is 0 Å². The van der Waals surface area contributed by atoms with Crippen molar-refractivity contribution < 1.29 is 5.11 Å². The van der Waals surface area contributed by atoms with Crippen molar-refractivity contribution in [1.82, 2.24) is 0 Å². The van der Waals surface area contributed by atoms with Crippen molar-refractivity contribution >= 4 is 5.69 Å². The highest BCUT2D eigenvalue weighted by atomic mass is 16.3. The summed E-state index contributed by atoms with van der Waals surface area (Å²) in [5, 5.41) is 14.7. The van der Waals surface area contributed by atoms with Gasteiger partial charge in [0.1, 0.15) is 0 Å². The lowest BCUT2D eigenvalue weighted by Gasteiger charge is -2.49. The van der Waals surface area contributed by atoms with E-state index in [2.05, 4.69) is 36.5 Å². The first-order valence-electron chi connectivity index (χ1n) is 7.74. The minimum absolute atomic E-state index is 0.231. The third-order valence-electron chi connectivity index (χ3n) is 5.13. The van der Waals surface area contributed by atoms with E-state index < -0.39 is 5.60 Å². The molecule has 2 N–H and O–H groups in total. The molecule has 2 fully saturated rings. The third kappa shape index (κ3) is 2.51. The lowest BCUT2D eigenvalue weighted by Crippen LogP contribution is -2.56. The second-order valence-electron chi connectivity index (χ2n) is 6.43. The minimum Gasteiger partial charge on any atom is -0.387 e. The van der Waals surface area contributed by atoms with Crippen molar-refractivity contribution in [3.63, 3.8) is 0 Å². The number of anilines is 1. The van der Waals surface area contributed by atoms with Crippen molar-refractivity contribution in [3.8, 4) is 0 Å². The highest BCUT2D eigenvalue weighted by molar-refractivity contribution is 5.46. The normalized spacial score (nSPS) is 34.6. The lowest BCUT2D eigenvalue weighted by atomic mass is 9.65. The van der Waals surface area contributed by atoms with Gasteiger partial charge in [0.25, 0.3) is 0 Å². The van der Waals surface area contributed by atoms with E-state index in [1.54, 1.807) is 0 Å². The van der Waals surface area contributed by atoms with Crippen LogP contribution < -0.4 is 5.32 Å². The molecule has 0 saturated heterocycles. The maximum Gasteiger partial charge on any atom is 0.0875 e. The quantitative estimate of drug-likeness (QED) is 0.844. The summed E-state index contributed by atoms with van der Waals surface area (Å²) >= 11 is 0. The molecule has 0 amide bonds. The number of aliphatic hydroxyl groups is 1. The molecule has 2 aliphatic carbocycles. The zero-order valence-corrected chi connectivity index (χ0v) is 11.9. The number of aryl methyl sites for hydroxylation is 1. The van der Waals surface area contributed by atoms with Crippen molar-refractivity contribution in [2.45, 2.75) is 63.5 Å². The van der Waals surface area contributed by atoms with E-state index >= 15 is 0 Å². The smallest absolute Gasteiger partial charge is 0.0875 e. The average molecular weight is 259 g/mol. The maximum absolute atomic E-state index is 11.1. The van der Waals surface area contributed by atoms with Crippen LogP contribution in [0.3, 0.4) is 0 Å². The van der Waals surface area contributed by atoms with Gasteiger partial charge >= 0.3 is 0 Å². The standard InChI is InChI=1S/C17H25NO/c1-13-8-10-15(11-9-13)18-16-7-4-6-14-5-2-3-12-17(14,16)19/h8-11,14,16,18-19H,2-7,12H2,1H3/t14-,16+,17-/m1/s1. The molecule has 0 heterocycles. The van der Waals surface area contributed by atoms with Crippen LogP contribution in [0, 0.1) is 12.8 Å². The molecule has 0 bridgehead atoms. The molecule has 1 aromatic carbocycles. The van der Waals surface area contributed by atoms with Crippen LogP contribution in [0.1, 0.15) is 50.5 Å². The molecule has 3 rings (SSSR count). The second-order valence-corrected chi connectivity index (χ2v) is 6.43. The molecule has 0 unspecified atom stereocenters. The minimum atomic E-state index is -0.471. The molecule has 19 heavy (non-hydrogen) atoms. The fraction of sp³-hybridized carbons (Fsp3) is 0.647. The molecule has 1 aromatic rings. The van der Waals surface area contributed by atoms with E-state index in [-0.39, 0.29) is 6.04 Å². The molecule has 0 spiro atoms. The number of hydrogen-bond acceptors (Lipinski definition) is 2. The first-order chi connectivity index (χ1) is 9.18. The molecule has 0 aromatic heterocycles. The van der Waals surface area contributed by atoms with Crippen molar-refractivity contribution in [1.29, 1.82) is 0 Å². The highest BCUT2D eigenvalue weighted by Gasteiger charge is 2.47. The molecule has 104 valence electrons. The van der Waals surface area contributed by atoms with Crippen molar-refractivity contribution in [3.05, 3.63) is 29.8 Å². The monoisotopic (exact) mass is 259 g/mol.